The zero-order chi connectivity index (χ0) is 27.6. The predicted octanol–water partition coefficient (Wildman–Crippen LogP) is 3.93. The topological polar surface area (TPSA) is 92.2 Å². The number of rotatable bonds is 7. The van der Waals surface area contributed by atoms with Crippen molar-refractivity contribution in [1.82, 2.24) is 30.1 Å². The normalized spacial score (nSPS) is 14.9. The Bertz CT molecular complexity index is 1670. The van der Waals surface area contributed by atoms with Crippen molar-refractivity contribution in [2.24, 2.45) is 0 Å². The molecule has 5 aromatic rings. The van der Waals surface area contributed by atoms with Gasteiger partial charge < -0.3 is 14.6 Å². The molecular weight excluding hydrogens is 509 g/mol. The lowest BCUT2D eigenvalue weighted by Gasteiger charge is -2.39. The highest BCUT2D eigenvalue weighted by atomic mass is 19.1. The average molecular weight is 540 g/mol. The van der Waals surface area contributed by atoms with Crippen LogP contribution in [-0.2, 0) is 6.54 Å². The summed E-state index contributed by atoms with van der Waals surface area (Å²) in [6, 6.07) is 21.8. The fourth-order valence-electron chi connectivity index (χ4n) is 5.42. The number of anilines is 1. The molecule has 1 atom stereocenters. The van der Waals surface area contributed by atoms with E-state index >= 15 is 0 Å². The lowest BCUT2D eigenvalue weighted by atomic mass is 10.0. The Morgan fingerprint density at radius 2 is 1.75 bits per heavy atom. The van der Waals surface area contributed by atoms with Gasteiger partial charge in [-0.1, -0.05) is 30.3 Å². The first-order valence-electron chi connectivity index (χ1n) is 13.3. The van der Waals surface area contributed by atoms with Gasteiger partial charge in [-0.05, 0) is 76.3 Å². The molecule has 3 aromatic carbocycles. The molecule has 0 radical (unpaired) electrons. The van der Waals surface area contributed by atoms with Crippen LogP contribution in [-0.4, -0.2) is 63.4 Å². The third-order valence-corrected chi connectivity index (χ3v) is 7.58. The molecule has 1 aliphatic rings. The van der Waals surface area contributed by atoms with Gasteiger partial charge in [0.1, 0.15) is 17.6 Å². The van der Waals surface area contributed by atoms with Crippen LogP contribution < -0.4 is 15.2 Å². The first-order valence-corrected chi connectivity index (χ1v) is 13.3. The van der Waals surface area contributed by atoms with Gasteiger partial charge in [0.2, 0.25) is 0 Å². The number of benzene rings is 3. The number of aryl methyl sites for hydroxylation is 1. The number of pyridine rings is 1. The van der Waals surface area contributed by atoms with E-state index in [-0.39, 0.29) is 11.4 Å². The van der Waals surface area contributed by atoms with Gasteiger partial charge in [-0.15, -0.1) is 5.10 Å². The average Bonchev–Trinajstić information content (AvgIpc) is 3.43. The number of fused-ring (bicyclic) bond motifs is 1. The first kappa shape index (κ1) is 25.7. The molecule has 0 amide bonds. The second-order valence-corrected chi connectivity index (χ2v) is 10.0. The smallest absolute Gasteiger partial charge is 0.253 e. The highest BCUT2D eigenvalue weighted by molar-refractivity contribution is 5.82. The summed E-state index contributed by atoms with van der Waals surface area (Å²) >= 11 is 0. The van der Waals surface area contributed by atoms with Crippen molar-refractivity contribution in [1.29, 1.82) is 0 Å². The minimum atomic E-state index is -0.461. The standard InChI is InChI=1S/C30H30FN7O2/c1-20-4-3-5-22-18-26(30(39)32-27(20)22)28(37-16-14-36(15-17-37)24-10-8-23(31)9-11-24)29-33-34-35-38(29)19-21-6-12-25(40-2)13-7-21/h3-13,18,28H,14-17,19H2,1-2H3,(H,32,39)/t28-/m0/s1. The Hall–Kier alpha value is -4.57. The van der Waals surface area contributed by atoms with Crippen LogP contribution in [0.25, 0.3) is 10.9 Å². The Morgan fingerprint density at radius 3 is 2.48 bits per heavy atom. The van der Waals surface area contributed by atoms with Crippen molar-refractivity contribution in [3.8, 4) is 5.75 Å². The van der Waals surface area contributed by atoms with E-state index in [1.807, 2.05) is 55.5 Å². The van der Waals surface area contributed by atoms with Gasteiger partial charge in [0.25, 0.3) is 5.56 Å². The van der Waals surface area contributed by atoms with Crippen molar-refractivity contribution < 1.29 is 9.13 Å². The largest absolute Gasteiger partial charge is 0.497 e. The Balaban J connectivity index is 1.37. The summed E-state index contributed by atoms with van der Waals surface area (Å²) in [5.74, 6) is 1.12. The van der Waals surface area contributed by atoms with Crippen LogP contribution in [0.2, 0.25) is 0 Å². The Labute approximate surface area is 230 Å². The summed E-state index contributed by atoms with van der Waals surface area (Å²) in [7, 11) is 1.64. The summed E-state index contributed by atoms with van der Waals surface area (Å²) in [5.41, 5.74) is 4.26. The van der Waals surface area contributed by atoms with Crippen molar-refractivity contribution in [2.45, 2.75) is 19.5 Å². The van der Waals surface area contributed by atoms with E-state index in [1.54, 1.807) is 23.9 Å². The van der Waals surface area contributed by atoms with E-state index in [0.717, 1.165) is 33.5 Å². The molecule has 9 nitrogen and oxygen atoms in total. The third-order valence-electron chi connectivity index (χ3n) is 7.58. The maximum atomic E-state index is 13.6. The molecular formula is C30H30FN7O2. The van der Waals surface area contributed by atoms with Crippen LogP contribution in [0, 0.1) is 12.7 Å². The number of hydrogen-bond acceptors (Lipinski definition) is 7. The van der Waals surface area contributed by atoms with Crippen LogP contribution >= 0.6 is 0 Å². The molecule has 40 heavy (non-hydrogen) atoms. The maximum absolute atomic E-state index is 13.6. The monoisotopic (exact) mass is 539 g/mol. The molecule has 1 saturated heterocycles. The molecule has 2 aromatic heterocycles. The highest BCUT2D eigenvalue weighted by Crippen LogP contribution is 2.30. The molecule has 6 rings (SSSR count). The molecule has 0 saturated carbocycles. The van der Waals surface area contributed by atoms with E-state index in [9.17, 15) is 9.18 Å². The van der Waals surface area contributed by atoms with Gasteiger partial charge in [-0.2, -0.15) is 0 Å². The first-order chi connectivity index (χ1) is 19.5. The SMILES string of the molecule is COc1ccc(Cn2nnnc2[C@H](c2cc3cccc(C)c3[nH]c2=O)N2CCN(c3ccc(F)cc3)CC2)cc1. The zero-order valence-electron chi connectivity index (χ0n) is 22.4. The number of aromatic nitrogens is 5. The number of methoxy groups -OCH3 is 1. The van der Waals surface area contributed by atoms with Gasteiger partial charge in [0.15, 0.2) is 5.82 Å². The second kappa shape index (κ2) is 10.9. The van der Waals surface area contributed by atoms with Gasteiger partial charge in [-0.25, -0.2) is 9.07 Å². The van der Waals surface area contributed by atoms with E-state index in [0.29, 0.717) is 44.1 Å². The van der Waals surface area contributed by atoms with Crippen molar-refractivity contribution in [3.63, 3.8) is 0 Å². The molecule has 0 bridgehead atoms. The van der Waals surface area contributed by atoms with E-state index in [2.05, 4.69) is 30.3 Å². The molecule has 1 N–H and O–H groups in total. The molecule has 0 unspecified atom stereocenters. The number of ether oxygens (including phenoxy) is 1. The van der Waals surface area contributed by atoms with Crippen LogP contribution in [0.15, 0.2) is 77.6 Å². The van der Waals surface area contributed by atoms with Crippen LogP contribution in [0.3, 0.4) is 0 Å². The summed E-state index contributed by atoms with van der Waals surface area (Å²) < 4.78 is 20.5. The number of para-hydroxylation sites is 1. The van der Waals surface area contributed by atoms with Crippen LogP contribution in [0.5, 0.6) is 5.75 Å². The van der Waals surface area contributed by atoms with E-state index in [1.165, 1.54) is 12.1 Å². The van der Waals surface area contributed by atoms with E-state index < -0.39 is 6.04 Å². The van der Waals surface area contributed by atoms with Gasteiger partial charge in [0, 0.05) is 37.4 Å². The fourth-order valence-corrected chi connectivity index (χ4v) is 5.42. The number of aromatic amines is 1. The molecule has 10 heteroatoms. The highest BCUT2D eigenvalue weighted by Gasteiger charge is 2.33. The number of nitrogens with zero attached hydrogens (tertiary/aromatic N) is 6. The number of piperazine rings is 1. The summed E-state index contributed by atoms with van der Waals surface area (Å²) in [4.78, 5) is 21.2. The summed E-state index contributed by atoms with van der Waals surface area (Å²) in [6.07, 6.45) is 0. The Morgan fingerprint density at radius 1 is 1.00 bits per heavy atom. The lowest BCUT2D eigenvalue weighted by molar-refractivity contribution is 0.200. The minimum absolute atomic E-state index is 0.160. The quantitative estimate of drug-likeness (QED) is 0.335. The van der Waals surface area contributed by atoms with Crippen molar-refractivity contribution >= 4 is 16.6 Å². The number of halogens is 1. The van der Waals surface area contributed by atoms with Crippen LogP contribution in [0.4, 0.5) is 10.1 Å². The predicted molar refractivity (Wildman–Crippen MR) is 151 cm³/mol. The Kier molecular flexibility index (Phi) is 7.00. The molecule has 1 aliphatic heterocycles. The van der Waals surface area contributed by atoms with Crippen molar-refractivity contribution in [2.75, 3.05) is 38.2 Å². The number of H-pyrrole nitrogens is 1. The minimum Gasteiger partial charge on any atom is -0.497 e. The zero-order valence-corrected chi connectivity index (χ0v) is 22.4. The van der Waals surface area contributed by atoms with E-state index in [4.69, 9.17) is 4.74 Å². The molecule has 0 spiro atoms. The van der Waals surface area contributed by atoms with Gasteiger partial charge in [-0.3, -0.25) is 9.69 Å². The van der Waals surface area contributed by atoms with Crippen LogP contribution in [0.1, 0.15) is 28.6 Å². The number of nitrogens with one attached hydrogen (secondary N) is 1. The summed E-state index contributed by atoms with van der Waals surface area (Å²) in [5, 5.41) is 13.7. The van der Waals surface area contributed by atoms with Gasteiger partial charge >= 0.3 is 0 Å². The molecule has 0 aliphatic carbocycles. The van der Waals surface area contributed by atoms with Gasteiger partial charge in [0.05, 0.1) is 19.2 Å². The fraction of sp³-hybridized carbons (Fsp3) is 0.267. The number of hydrogen-bond donors (Lipinski definition) is 1. The molecule has 204 valence electrons. The maximum Gasteiger partial charge on any atom is 0.253 e. The second-order valence-electron chi connectivity index (χ2n) is 10.0. The lowest BCUT2D eigenvalue weighted by Crippen LogP contribution is -2.49. The molecule has 1 fully saturated rings. The molecule has 3 heterocycles. The third kappa shape index (κ3) is 5.05. The van der Waals surface area contributed by atoms with Crippen molar-refractivity contribution in [3.05, 3.63) is 111 Å². The number of tetrazole rings is 1. The summed E-state index contributed by atoms with van der Waals surface area (Å²) in [6.45, 7) is 5.20.